The topological polar surface area (TPSA) is 76.2 Å². The molecule has 0 spiro atoms. The summed E-state index contributed by atoms with van der Waals surface area (Å²) in [5.41, 5.74) is 2.80. The monoisotopic (exact) mass is 297 g/mol. The van der Waals surface area contributed by atoms with Gasteiger partial charge in [-0.1, -0.05) is 6.07 Å². The molecule has 1 amide bonds. The third kappa shape index (κ3) is 2.46. The van der Waals surface area contributed by atoms with E-state index in [9.17, 15) is 4.79 Å². The number of anilines is 1. The molecule has 0 atom stereocenters. The zero-order valence-corrected chi connectivity index (χ0v) is 12.2. The maximum Gasteiger partial charge on any atom is 0.212 e. The van der Waals surface area contributed by atoms with Crippen LogP contribution in [0.4, 0.5) is 5.82 Å². The number of hydrogen-bond acceptors (Lipinski definition) is 4. The van der Waals surface area contributed by atoms with Gasteiger partial charge in [0.1, 0.15) is 11.5 Å². The van der Waals surface area contributed by atoms with Crippen molar-refractivity contribution in [1.29, 1.82) is 0 Å². The summed E-state index contributed by atoms with van der Waals surface area (Å²) in [7, 11) is 3.24. The van der Waals surface area contributed by atoms with Gasteiger partial charge >= 0.3 is 0 Å². The first kappa shape index (κ1) is 13.9. The van der Waals surface area contributed by atoms with Gasteiger partial charge in [0, 0.05) is 11.5 Å². The quantitative estimate of drug-likeness (QED) is 0.710. The average molecular weight is 297 g/mol. The molecule has 3 aromatic rings. The Hall–Kier alpha value is -3.02. The first-order valence-electron chi connectivity index (χ1n) is 6.67. The van der Waals surface area contributed by atoms with Gasteiger partial charge in [0.25, 0.3) is 0 Å². The van der Waals surface area contributed by atoms with E-state index in [1.807, 2.05) is 36.4 Å². The summed E-state index contributed by atoms with van der Waals surface area (Å²) in [6, 6.07) is 11.5. The Morgan fingerprint density at radius 2 is 1.77 bits per heavy atom. The average Bonchev–Trinajstić information content (AvgIpc) is 2.97. The summed E-state index contributed by atoms with van der Waals surface area (Å²) >= 11 is 0. The summed E-state index contributed by atoms with van der Waals surface area (Å²) < 4.78 is 10.6. The molecule has 6 heteroatoms. The minimum Gasteiger partial charge on any atom is -0.497 e. The van der Waals surface area contributed by atoms with Gasteiger partial charge in [0.05, 0.1) is 19.7 Å². The van der Waals surface area contributed by atoms with Crippen molar-refractivity contribution in [3.05, 3.63) is 36.4 Å². The van der Waals surface area contributed by atoms with E-state index < -0.39 is 0 Å². The number of hydrogen-bond donors (Lipinski definition) is 2. The Kier molecular flexibility index (Phi) is 3.65. The number of fused-ring (bicyclic) bond motifs is 1. The van der Waals surface area contributed by atoms with Crippen molar-refractivity contribution in [2.75, 3.05) is 19.5 Å². The van der Waals surface area contributed by atoms with E-state index in [1.54, 1.807) is 14.2 Å². The van der Waals surface area contributed by atoms with Crippen LogP contribution in [-0.4, -0.2) is 30.8 Å². The summed E-state index contributed by atoms with van der Waals surface area (Å²) in [6.07, 6.45) is 0.608. The second-order valence-electron chi connectivity index (χ2n) is 4.70. The fourth-order valence-electron chi connectivity index (χ4n) is 2.34. The van der Waals surface area contributed by atoms with Gasteiger partial charge < -0.3 is 14.8 Å². The normalized spacial score (nSPS) is 10.5. The Labute approximate surface area is 127 Å². The molecule has 3 rings (SSSR count). The van der Waals surface area contributed by atoms with Crippen LogP contribution >= 0.6 is 0 Å². The third-order valence-electron chi connectivity index (χ3n) is 3.44. The second-order valence-corrected chi connectivity index (χ2v) is 4.70. The van der Waals surface area contributed by atoms with E-state index in [4.69, 9.17) is 9.47 Å². The molecule has 0 radical (unpaired) electrons. The highest BCUT2D eigenvalue weighted by Gasteiger charge is 2.08. The predicted molar refractivity (Wildman–Crippen MR) is 84.3 cm³/mol. The second kappa shape index (κ2) is 5.77. The van der Waals surface area contributed by atoms with Gasteiger partial charge in [-0.25, -0.2) is 0 Å². The van der Waals surface area contributed by atoms with Crippen LogP contribution in [-0.2, 0) is 4.79 Å². The van der Waals surface area contributed by atoms with Crippen LogP contribution in [0.15, 0.2) is 36.4 Å². The van der Waals surface area contributed by atoms with Crippen molar-refractivity contribution in [2.45, 2.75) is 0 Å². The Morgan fingerprint density at radius 1 is 1.05 bits per heavy atom. The van der Waals surface area contributed by atoms with Crippen LogP contribution in [0.25, 0.3) is 22.0 Å². The van der Waals surface area contributed by atoms with Crippen molar-refractivity contribution in [1.82, 2.24) is 10.2 Å². The van der Waals surface area contributed by atoms with Crippen molar-refractivity contribution in [2.24, 2.45) is 0 Å². The fraction of sp³-hybridized carbons (Fsp3) is 0.125. The number of methoxy groups -OCH3 is 2. The van der Waals surface area contributed by atoms with Crippen molar-refractivity contribution >= 4 is 23.1 Å². The number of rotatable bonds is 5. The molecule has 0 aliphatic heterocycles. The maximum atomic E-state index is 10.6. The lowest BCUT2D eigenvalue weighted by molar-refractivity contribution is -0.105. The first-order valence-corrected chi connectivity index (χ1v) is 6.67. The van der Waals surface area contributed by atoms with Crippen LogP contribution in [0.3, 0.4) is 0 Å². The highest BCUT2D eigenvalue weighted by atomic mass is 16.5. The lowest BCUT2D eigenvalue weighted by atomic mass is 10.0. The molecule has 1 heterocycles. The van der Waals surface area contributed by atoms with E-state index in [1.165, 1.54) is 0 Å². The van der Waals surface area contributed by atoms with Crippen LogP contribution < -0.4 is 14.8 Å². The minimum atomic E-state index is 0.514. The maximum absolute atomic E-state index is 10.6. The molecule has 2 aromatic carbocycles. The number of benzene rings is 2. The molecule has 22 heavy (non-hydrogen) atoms. The van der Waals surface area contributed by atoms with Crippen LogP contribution in [0.5, 0.6) is 11.5 Å². The van der Waals surface area contributed by atoms with E-state index in [0.717, 1.165) is 33.5 Å². The van der Waals surface area contributed by atoms with Crippen molar-refractivity contribution in [3.8, 4) is 22.6 Å². The fourth-order valence-corrected chi connectivity index (χ4v) is 2.34. The zero-order chi connectivity index (χ0) is 15.5. The van der Waals surface area contributed by atoms with E-state index in [0.29, 0.717) is 12.2 Å². The van der Waals surface area contributed by atoms with Crippen LogP contribution in [0.2, 0.25) is 0 Å². The van der Waals surface area contributed by atoms with Crippen molar-refractivity contribution < 1.29 is 14.3 Å². The van der Waals surface area contributed by atoms with Gasteiger partial charge in [-0.3, -0.25) is 9.89 Å². The molecule has 0 fully saturated rings. The van der Waals surface area contributed by atoms with Gasteiger partial charge in [0.15, 0.2) is 5.82 Å². The van der Waals surface area contributed by atoms with Crippen molar-refractivity contribution in [3.63, 3.8) is 0 Å². The molecule has 0 unspecified atom stereocenters. The summed E-state index contributed by atoms with van der Waals surface area (Å²) in [6.45, 7) is 0. The first-order chi connectivity index (χ1) is 10.7. The smallest absolute Gasteiger partial charge is 0.212 e. The Bertz CT molecular complexity index is 804. The largest absolute Gasteiger partial charge is 0.497 e. The number of H-pyrrole nitrogens is 1. The molecule has 0 bridgehead atoms. The number of nitrogens with zero attached hydrogens (tertiary/aromatic N) is 1. The number of carbonyl (C=O) groups excluding carboxylic acids is 1. The van der Waals surface area contributed by atoms with Gasteiger partial charge in [-0.15, -0.1) is 0 Å². The molecular formula is C16H15N3O3. The SMILES string of the molecule is COc1cc(OC)cc(-c2ccc3c(NC=O)n[nH]c3c2)c1. The van der Waals surface area contributed by atoms with E-state index in [2.05, 4.69) is 15.5 Å². The molecule has 0 saturated heterocycles. The third-order valence-corrected chi connectivity index (χ3v) is 3.44. The number of aromatic nitrogens is 2. The molecule has 0 saturated carbocycles. The van der Waals surface area contributed by atoms with Crippen LogP contribution in [0, 0.1) is 0 Å². The van der Waals surface area contributed by atoms with Gasteiger partial charge in [-0.05, 0) is 35.4 Å². The molecule has 0 aliphatic rings. The van der Waals surface area contributed by atoms with Gasteiger partial charge in [-0.2, -0.15) is 5.10 Å². The molecule has 112 valence electrons. The number of carbonyl (C=O) groups is 1. The number of aromatic amines is 1. The lowest BCUT2D eigenvalue weighted by Gasteiger charge is -2.09. The molecular weight excluding hydrogens is 282 g/mol. The molecule has 0 aliphatic carbocycles. The number of ether oxygens (including phenoxy) is 2. The summed E-state index contributed by atoms with van der Waals surface area (Å²) in [4.78, 5) is 10.6. The molecule has 1 aromatic heterocycles. The Balaban J connectivity index is 2.08. The lowest BCUT2D eigenvalue weighted by Crippen LogP contribution is -1.93. The van der Waals surface area contributed by atoms with E-state index >= 15 is 0 Å². The van der Waals surface area contributed by atoms with Gasteiger partial charge in [0.2, 0.25) is 6.41 Å². The highest BCUT2D eigenvalue weighted by molar-refractivity contribution is 5.95. The molecule has 6 nitrogen and oxygen atoms in total. The predicted octanol–water partition coefficient (Wildman–Crippen LogP) is 2.82. The van der Waals surface area contributed by atoms with E-state index in [-0.39, 0.29) is 0 Å². The Morgan fingerprint density at radius 3 is 2.41 bits per heavy atom. The number of amides is 1. The zero-order valence-electron chi connectivity index (χ0n) is 12.2. The minimum absolute atomic E-state index is 0.514. The molecule has 2 N–H and O–H groups in total. The summed E-state index contributed by atoms with van der Waals surface area (Å²) in [5, 5.41) is 10.4. The van der Waals surface area contributed by atoms with Crippen LogP contribution in [0.1, 0.15) is 0 Å². The standard InChI is InChI=1S/C16H15N3O3/c1-21-12-5-11(6-13(8-12)22-2)10-3-4-14-15(7-10)18-19-16(14)17-9-20/h3-9H,1-2H3,(H2,17,18,19,20). The highest BCUT2D eigenvalue weighted by Crippen LogP contribution is 2.32. The summed E-state index contributed by atoms with van der Waals surface area (Å²) in [5.74, 6) is 1.96. The number of nitrogens with one attached hydrogen (secondary N) is 2.